The third-order valence-electron chi connectivity index (χ3n) is 3.20. The molecule has 0 bridgehead atoms. The zero-order valence-electron chi connectivity index (χ0n) is 10.7. The van der Waals surface area contributed by atoms with Crippen molar-refractivity contribution in [3.8, 4) is 0 Å². The van der Waals surface area contributed by atoms with Gasteiger partial charge in [-0.15, -0.1) is 0 Å². The van der Waals surface area contributed by atoms with E-state index < -0.39 is 11.9 Å². The van der Waals surface area contributed by atoms with Gasteiger partial charge in [-0.3, -0.25) is 0 Å². The molecule has 1 N–H and O–H groups in total. The molecule has 1 aromatic heterocycles. The number of nitrogens with zero attached hydrogens (tertiary/aromatic N) is 2. The fraction of sp³-hybridized carbons (Fsp3) is 0.615. The first-order chi connectivity index (χ1) is 9.05. The molecule has 0 spiro atoms. The first kappa shape index (κ1) is 14.1. The van der Waals surface area contributed by atoms with Crippen LogP contribution in [0, 0.1) is 0 Å². The molecule has 0 aromatic carbocycles. The van der Waals surface area contributed by atoms with Gasteiger partial charge in [-0.25, -0.2) is 4.98 Å². The number of hydrogen-bond acceptors (Lipinski definition) is 3. The van der Waals surface area contributed by atoms with E-state index in [1.165, 1.54) is 18.9 Å². The number of aromatic nitrogens is 1. The van der Waals surface area contributed by atoms with E-state index in [4.69, 9.17) is 0 Å². The Morgan fingerprint density at radius 2 is 1.95 bits per heavy atom. The van der Waals surface area contributed by atoms with Crippen molar-refractivity contribution in [3.63, 3.8) is 0 Å². The Hall–Kier alpha value is -1.30. The summed E-state index contributed by atoms with van der Waals surface area (Å²) in [5.74, 6) is 0.288. The van der Waals surface area contributed by atoms with Gasteiger partial charge >= 0.3 is 6.18 Å². The Balaban J connectivity index is 1.76. The summed E-state index contributed by atoms with van der Waals surface area (Å²) in [5, 5.41) is 2.94. The summed E-state index contributed by atoms with van der Waals surface area (Å²) in [5.41, 5.74) is -0.850. The van der Waals surface area contributed by atoms with E-state index >= 15 is 0 Å². The van der Waals surface area contributed by atoms with Crippen molar-refractivity contribution in [1.82, 2.24) is 9.88 Å². The molecule has 19 heavy (non-hydrogen) atoms. The van der Waals surface area contributed by atoms with Crippen LogP contribution in [0.5, 0.6) is 0 Å². The lowest BCUT2D eigenvalue weighted by atomic mass is 10.3. The van der Waals surface area contributed by atoms with Gasteiger partial charge in [0.05, 0.1) is 0 Å². The minimum atomic E-state index is -4.38. The predicted octanol–water partition coefficient (Wildman–Crippen LogP) is 3.00. The Kier molecular flexibility index (Phi) is 4.63. The highest BCUT2D eigenvalue weighted by Gasteiger charge is 2.32. The molecule has 0 radical (unpaired) electrons. The van der Waals surface area contributed by atoms with Crippen molar-refractivity contribution in [2.75, 3.05) is 31.5 Å². The zero-order valence-corrected chi connectivity index (χ0v) is 10.7. The molecule has 1 aromatic rings. The first-order valence-electron chi connectivity index (χ1n) is 6.56. The Bertz CT molecular complexity index is 400. The van der Waals surface area contributed by atoms with E-state index in [0.717, 1.165) is 32.1 Å². The van der Waals surface area contributed by atoms with E-state index in [1.807, 2.05) is 0 Å². The van der Waals surface area contributed by atoms with Crippen LogP contribution in [0.4, 0.5) is 19.0 Å². The summed E-state index contributed by atoms with van der Waals surface area (Å²) in [6.45, 7) is 3.92. The monoisotopic (exact) mass is 273 g/mol. The standard InChI is InChI=1S/C13H18F3N3/c14-13(15,16)11-5-3-6-12(18-11)17-7-4-10-19-8-1-2-9-19/h3,5-6H,1-2,4,7-10H2,(H,17,18). The molecule has 1 aliphatic heterocycles. The highest BCUT2D eigenvalue weighted by atomic mass is 19.4. The number of rotatable bonds is 5. The highest BCUT2D eigenvalue weighted by Crippen LogP contribution is 2.28. The average molecular weight is 273 g/mol. The summed E-state index contributed by atoms with van der Waals surface area (Å²) >= 11 is 0. The lowest BCUT2D eigenvalue weighted by Crippen LogP contribution is -2.22. The smallest absolute Gasteiger partial charge is 0.370 e. The molecule has 1 aliphatic rings. The van der Waals surface area contributed by atoms with Crippen LogP contribution in [-0.4, -0.2) is 36.1 Å². The van der Waals surface area contributed by atoms with Crippen molar-refractivity contribution in [2.24, 2.45) is 0 Å². The number of halogens is 3. The molecule has 106 valence electrons. The van der Waals surface area contributed by atoms with Gasteiger partial charge in [0.2, 0.25) is 0 Å². The van der Waals surface area contributed by atoms with Gasteiger partial charge in [0.25, 0.3) is 0 Å². The van der Waals surface area contributed by atoms with Gasteiger partial charge in [0.1, 0.15) is 11.5 Å². The molecule has 0 unspecified atom stereocenters. The fourth-order valence-corrected chi connectivity index (χ4v) is 2.22. The van der Waals surface area contributed by atoms with Crippen molar-refractivity contribution >= 4 is 5.82 Å². The van der Waals surface area contributed by atoms with Crippen LogP contribution in [0.3, 0.4) is 0 Å². The van der Waals surface area contributed by atoms with Gasteiger partial charge < -0.3 is 10.2 Å². The topological polar surface area (TPSA) is 28.2 Å². The van der Waals surface area contributed by atoms with Gasteiger partial charge in [-0.1, -0.05) is 6.07 Å². The fourth-order valence-electron chi connectivity index (χ4n) is 2.22. The van der Waals surface area contributed by atoms with Gasteiger partial charge in [0.15, 0.2) is 0 Å². The number of anilines is 1. The Morgan fingerprint density at radius 3 is 2.63 bits per heavy atom. The molecular formula is C13H18F3N3. The summed E-state index contributed by atoms with van der Waals surface area (Å²) in [7, 11) is 0. The van der Waals surface area contributed by atoms with Gasteiger partial charge in [-0.05, 0) is 51.0 Å². The Morgan fingerprint density at radius 1 is 1.21 bits per heavy atom. The van der Waals surface area contributed by atoms with Crippen LogP contribution in [-0.2, 0) is 6.18 Å². The maximum Gasteiger partial charge on any atom is 0.433 e. The number of hydrogen-bond donors (Lipinski definition) is 1. The maximum atomic E-state index is 12.5. The van der Waals surface area contributed by atoms with E-state index in [0.29, 0.717) is 6.54 Å². The van der Waals surface area contributed by atoms with Crippen LogP contribution in [0.2, 0.25) is 0 Å². The molecule has 0 saturated carbocycles. The highest BCUT2D eigenvalue weighted by molar-refractivity contribution is 5.35. The van der Waals surface area contributed by atoms with E-state index in [-0.39, 0.29) is 5.82 Å². The molecule has 6 heteroatoms. The molecule has 1 fully saturated rings. The van der Waals surface area contributed by atoms with Gasteiger partial charge in [0, 0.05) is 6.54 Å². The predicted molar refractivity (Wildman–Crippen MR) is 68.0 cm³/mol. The van der Waals surface area contributed by atoms with Crippen LogP contribution in [0.25, 0.3) is 0 Å². The molecule has 1 saturated heterocycles. The van der Waals surface area contributed by atoms with Crippen LogP contribution in [0.15, 0.2) is 18.2 Å². The van der Waals surface area contributed by atoms with Crippen molar-refractivity contribution in [2.45, 2.75) is 25.4 Å². The average Bonchev–Trinajstić information content (AvgIpc) is 2.87. The third-order valence-corrected chi connectivity index (χ3v) is 3.20. The number of alkyl halides is 3. The first-order valence-corrected chi connectivity index (χ1v) is 6.56. The second kappa shape index (κ2) is 6.23. The van der Waals surface area contributed by atoms with E-state index in [2.05, 4.69) is 15.2 Å². The lowest BCUT2D eigenvalue weighted by Gasteiger charge is -2.14. The summed E-state index contributed by atoms with van der Waals surface area (Å²) < 4.78 is 37.4. The van der Waals surface area contributed by atoms with Crippen molar-refractivity contribution in [3.05, 3.63) is 23.9 Å². The molecular weight excluding hydrogens is 255 g/mol. The summed E-state index contributed by atoms with van der Waals surface area (Å²) in [4.78, 5) is 5.94. The lowest BCUT2D eigenvalue weighted by molar-refractivity contribution is -0.141. The largest absolute Gasteiger partial charge is 0.433 e. The second-order valence-corrected chi connectivity index (χ2v) is 4.73. The SMILES string of the molecule is FC(F)(F)c1cccc(NCCCN2CCCC2)n1. The quantitative estimate of drug-likeness (QED) is 0.836. The van der Waals surface area contributed by atoms with Crippen LogP contribution in [0.1, 0.15) is 25.0 Å². The Labute approximate surface area is 110 Å². The minimum absolute atomic E-state index is 0.288. The van der Waals surface area contributed by atoms with E-state index in [1.54, 1.807) is 6.07 Å². The minimum Gasteiger partial charge on any atom is -0.370 e. The molecule has 2 heterocycles. The third kappa shape index (κ3) is 4.38. The van der Waals surface area contributed by atoms with Crippen molar-refractivity contribution in [1.29, 1.82) is 0 Å². The number of nitrogens with one attached hydrogen (secondary N) is 1. The van der Waals surface area contributed by atoms with Crippen LogP contribution >= 0.6 is 0 Å². The zero-order chi connectivity index (χ0) is 13.7. The molecule has 3 nitrogen and oxygen atoms in total. The normalized spacial score (nSPS) is 16.8. The molecule has 0 aliphatic carbocycles. The molecule has 0 amide bonds. The maximum absolute atomic E-state index is 12.5. The number of pyridine rings is 1. The molecule has 0 atom stereocenters. The number of likely N-dealkylation sites (tertiary alicyclic amines) is 1. The van der Waals surface area contributed by atoms with Gasteiger partial charge in [-0.2, -0.15) is 13.2 Å². The van der Waals surface area contributed by atoms with E-state index in [9.17, 15) is 13.2 Å². The second-order valence-electron chi connectivity index (χ2n) is 4.73. The van der Waals surface area contributed by atoms with Crippen molar-refractivity contribution < 1.29 is 13.2 Å². The summed E-state index contributed by atoms with van der Waals surface area (Å²) in [6, 6.07) is 3.92. The summed E-state index contributed by atoms with van der Waals surface area (Å²) in [6.07, 6.45) is -0.962. The van der Waals surface area contributed by atoms with Crippen LogP contribution < -0.4 is 5.32 Å². The molecule has 2 rings (SSSR count).